The normalized spacial score (nSPS) is 11.9. The Bertz CT molecular complexity index is 619. The van der Waals surface area contributed by atoms with Gasteiger partial charge in [0.1, 0.15) is 11.7 Å². The first kappa shape index (κ1) is 14.8. The zero-order valence-corrected chi connectivity index (χ0v) is 11.8. The van der Waals surface area contributed by atoms with Gasteiger partial charge < -0.3 is 15.0 Å². The molecule has 1 atom stereocenters. The molecular formula is C16H18N2O3. The molecule has 1 aromatic heterocycles. The minimum absolute atomic E-state index is 0.357. The minimum atomic E-state index is -1.02. The van der Waals surface area contributed by atoms with Crippen molar-refractivity contribution in [1.82, 2.24) is 9.88 Å². The summed E-state index contributed by atoms with van der Waals surface area (Å²) in [6.07, 6.45) is 2.70. The van der Waals surface area contributed by atoms with Crippen LogP contribution in [0.3, 0.4) is 0 Å². The summed E-state index contributed by atoms with van der Waals surface area (Å²) < 4.78 is 1.66. The van der Waals surface area contributed by atoms with Crippen molar-refractivity contribution in [3.05, 3.63) is 59.9 Å². The molecule has 0 bridgehead atoms. The van der Waals surface area contributed by atoms with Gasteiger partial charge in [0.05, 0.1) is 0 Å². The van der Waals surface area contributed by atoms with E-state index in [1.807, 2.05) is 30.3 Å². The number of carbonyl (C=O) groups is 2. The molecule has 1 amide bonds. The number of amides is 1. The maximum absolute atomic E-state index is 12.1. The van der Waals surface area contributed by atoms with E-state index >= 15 is 0 Å². The highest BCUT2D eigenvalue weighted by atomic mass is 16.4. The Morgan fingerprint density at radius 3 is 2.48 bits per heavy atom. The molecule has 21 heavy (non-hydrogen) atoms. The average Bonchev–Trinajstić information content (AvgIpc) is 2.90. The lowest BCUT2D eigenvalue weighted by Crippen LogP contribution is -2.41. The summed E-state index contributed by atoms with van der Waals surface area (Å²) in [6.45, 7) is 0. The second kappa shape index (κ2) is 6.74. The lowest BCUT2D eigenvalue weighted by atomic mass is 10.1. The Labute approximate surface area is 123 Å². The van der Waals surface area contributed by atoms with Crippen molar-refractivity contribution in [1.29, 1.82) is 0 Å². The molecule has 0 saturated carbocycles. The van der Waals surface area contributed by atoms with Gasteiger partial charge in [-0.1, -0.05) is 30.3 Å². The molecule has 0 fully saturated rings. The number of benzene rings is 1. The standard InChI is InChI=1S/C16H18N2O3/c1-18-11-5-8-14(18)15(19)17-13(16(20)21)10-9-12-6-3-2-4-7-12/h2-8,11,13H,9-10H2,1H3,(H,17,19)(H,20,21). The van der Waals surface area contributed by atoms with E-state index in [1.165, 1.54) is 0 Å². The van der Waals surface area contributed by atoms with Crippen LogP contribution >= 0.6 is 0 Å². The number of nitrogens with zero attached hydrogens (tertiary/aromatic N) is 1. The van der Waals surface area contributed by atoms with Crippen molar-refractivity contribution >= 4 is 11.9 Å². The Hall–Kier alpha value is -2.56. The third-order valence-electron chi connectivity index (χ3n) is 3.34. The highest BCUT2D eigenvalue weighted by Crippen LogP contribution is 2.07. The first-order valence-corrected chi connectivity index (χ1v) is 6.77. The van der Waals surface area contributed by atoms with Gasteiger partial charge in [0.2, 0.25) is 0 Å². The molecule has 0 radical (unpaired) electrons. The number of carbonyl (C=O) groups excluding carboxylic acids is 1. The molecule has 1 aromatic carbocycles. The van der Waals surface area contributed by atoms with Crippen molar-refractivity contribution in [2.75, 3.05) is 0 Å². The van der Waals surface area contributed by atoms with Gasteiger partial charge in [-0.25, -0.2) is 4.79 Å². The number of aromatic nitrogens is 1. The van der Waals surface area contributed by atoms with Crippen LogP contribution in [0.25, 0.3) is 0 Å². The predicted octanol–water partition coefficient (Wildman–Crippen LogP) is 1.84. The fraction of sp³-hybridized carbons (Fsp3) is 0.250. The summed E-state index contributed by atoms with van der Waals surface area (Å²) >= 11 is 0. The van der Waals surface area contributed by atoms with Gasteiger partial charge in [-0.3, -0.25) is 4.79 Å². The van der Waals surface area contributed by atoms with E-state index in [2.05, 4.69) is 5.32 Å². The number of aryl methyl sites for hydroxylation is 2. The van der Waals surface area contributed by atoms with Crippen LogP contribution in [-0.4, -0.2) is 27.6 Å². The molecule has 1 unspecified atom stereocenters. The summed E-state index contributed by atoms with van der Waals surface area (Å²) in [6, 6.07) is 12.1. The SMILES string of the molecule is Cn1cccc1C(=O)NC(CCc1ccccc1)C(=O)O. The highest BCUT2D eigenvalue weighted by molar-refractivity contribution is 5.95. The highest BCUT2D eigenvalue weighted by Gasteiger charge is 2.21. The quantitative estimate of drug-likeness (QED) is 0.851. The fourth-order valence-electron chi connectivity index (χ4n) is 2.14. The predicted molar refractivity (Wildman–Crippen MR) is 79.1 cm³/mol. The van der Waals surface area contributed by atoms with Crippen LogP contribution in [0.1, 0.15) is 22.5 Å². The van der Waals surface area contributed by atoms with Crippen LogP contribution < -0.4 is 5.32 Å². The van der Waals surface area contributed by atoms with E-state index in [1.54, 1.807) is 29.9 Å². The van der Waals surface area contributed by atoms with E-state index in [4.69, 9.17) is 0 Å². The number of hydrogen-bond acceptors (Lipinski definition) is 2. The maximum Gasteiger partial charge on any atom is 0.326 e. The molecule has 5 heteroatoms. The van der Waals surface area contributed by atoms with Crippen molar-refractivity contribution in [2.24, 2.45) is 7.05 Å². The maximum atomic E-state index is 12.1. The Balaban J connectivity index is 1.98. The van der Waals surface area contributed by atoms with Crippen LogP contribution in [0.2, 0.25) is 0 Å². The third-order valence-corrected chi connectivity index (χ3v) is 3.34. The first-order chi connectivity index (χ1) is 10.1. The summed E-state index contributed by atoms with van der Waals surface area (Å²) in [4.78, 5) is 23.3. The Morgan fingerprint density at radius 2 is 1.90 bits per heavy atom. The van der Waals surface area contributed by atoms with Gasteiger partial charge >= 0.3 is 5.97 Å². The second-order valence-electron chi connectivity index (χ2n) is 4.89. The minimum Gasteiger partial charge on any atom is -0.480 e. The monoisotopic (exact) mass is 286 g/mol. The van der Waals surface area contributed by atoms with Gasteiger partial charge in [-0.15, -0.1) is 0 Å². The van der Waals surface area contributed by atoms with Gasteiger partial charge in [0.15, 0.2) is 0 Å². The molecule has 0 spiro atoms. The zero-order valence-electron chi connectivity index (χ0n) is 11.8. The average molecular weight is 286 g/mol. The van der Waals surface area contributed by atoms with E-state index in [0.717, 1.165) is 5.56 Å². The van der Waals surface area contributed by atoms with Gasteiger partial charge in [0.25, 0.3) is 5.91 Å². The molecule has 110 valence electrons. The third kappa shape index (κ3) is 3.95. The molecule has 5 nitrogen and oxygen atoms in total. The van der Waals surface area contributed by atoms with Crippen LogP contribution in [0, 0.1) is 0 Å². The molecule has 0 aliphatic carbocycles. The second-order valence-corrected chi connectivity index (χ2v) is 4.89. The number of rotatable bonds is 6. The van der Waals surface area contributed by atoms with Crippen LogP contribution in [0.15, 0.2) is 48.7 Å². The zero-order chi connectivity index (χ0) is 15.2. The topological polar surface area (TPSA) is 71.3 Å². The largest absolute Gasteiger partial charge is 0.480 e. The van der Waals surface area contributed by atoms with Crippen molar-refractivity contribution in [3.63, 3.8) is 0 Å². The van der Waals surface area contributed by atoms with Gasteiger partial charge in [0, 0.05) is 13.2 Å². The van der Waals surface area contributed by atoms with E-state index < -0.39 is 12.0 Å². The summed E-state index contributed by atoms with van der Waals surface area (Å²) in [5, 5.41) is 11.8. The smallest absolute Gasteiger partial charge is 0.326 e. The van der Waals surface area contributed by atoms with Crippen molar-refractivity contribution < 1.29 is 14.7 Å². The summed E-state index contributed by atoms with van der Waals surface area (Å²) in [5.41, 5.74) is 1.50. The van der Waals surface area contributed by atoms with E-state index in [0.29, 0.717) is 18.5 Å². The van der Waals surface area contributed by atoms with E-state index in [-0.39, 0.29) is 5.91 Å². The van der Waals surface area contributed by atoms with Crippen molar-refractivity contribution in [3.8, 4) is 0 Å². The van der Waals surface area contributed by atoms with Crippen LogP contribution in [-0.2, 0) is 18.3 Å². The number of carboxylic acid groups (broad SMARTS) is 1. The number of aliphatic carboxylic acids is 1. The molecule has 0 aliphatic rings. The first-order valence-electron chi connectivity index (χ1n) is 6.77. The number of carboxylic acids is 1. The Kier molecular flexibility index (Phi) is 4.77. The fourth-order valence-corrected chi connectivity index (χ4v) is 2.14. The molecule has 0 saturated heterocycles. The van der Waals surface area contributed by atoms with Crippen LogP contribution in [0.5, 0.6) is 0 Å². The van der Waals surface area contributed by atoms with Gasteiger partial charge in [-0.05, 0) is 30.5 Å². The van der Waals surface area contributed by atoms with Crippen LogP contribution in [0.4, 0.5) is 0 Å². The lowest BCUT2D eigenvalue weighted by molar-refractivity contribution is -0.139. The molecule has 1 heterocycles. The molecular weight excluding hydrogens is 268 g/mol. The molecule has 2 rings (SSSR count). The lowest BCUT2D eigenvalue weighted by Gasteiger charge is -2.14. The molecule has 2 aromatic rings. The Morgan fingerprint density at radius 1 is 1.19 bits per heavy atom. The molecule has 2 N–H and O–H groups in total. The summed E-state index contributed by atoms with van der Waals surface area (Å²) in [7, 11) is 1.74. The number of hydrogen-bond donors (Lipinski definition) is 2. The van der Waals surface area contributed by atoms with E-state index in [9.17, 15) is 14.7 Å². The summed E-state index contributed by atoms with van der Waals surface area (Å²) in [5.74, 6) is -1.39. The molecule has 0 aliphatic heterocycles. The van der Waals surface area contributed by atoms with Crippen molar-refractivity contribution in [2.45, 2.75) is 18.9 Å². The number of nitrogens with one attached hydrogen (secondary N) is 1. The van der Waals surface area contributed by atoms with Gasteiger partial charge in [-0.2, -0.15) is 0 Å².